The highest BCUT2D eigenvalue weighted by Crippen LogP contribution is 2.25. The summed E-state index contributed by atoms with van der Waals surface area (Å²) >= 11 is 6.01. The Morgan fingerprint density at radius 1 is 1.33 bits per heavy atom. The zero-order chi connectivity index (χ0) is 12.5. The van der Waals surface area contributed by atoms with Gasteiger partial charge in [0.05, 0.1) is 24.9 Å². The summed E-state index contributed by atoms with van der Waals surface area (Å²) in [5, 5.41) is 14.7. The number of hydrogen-bond donors (Lipinski definition) is 1. The number of fused-ring (bicyclic) bond motifs is 1. The van der Waals surface area contributed by atoms with Gasteiger partial charge in [0.1, 0.15) is 0 Å². The molecule has 2 aromatic heterocycles. The van der Waals surface area contributed by atoms with Crippen molar-refractivity contribution < 1.29 is 9.63 Å². The maximum Gasteiger partial charge on any atom is 0.156 e. The van der Waals surface area contributed by atoms with E-state index in [0.29, 0.717) is 11.6 Å². The quantitative estimate of drug-likeness (QED) is 0.790. The van der Waals surface area contributed by atoms with Gasteiger partial charge in [-0.15, -0.1) is 0 Å². The maximum atomic E-state index is 9.36. The topological polar surface area (TPSA) is 51.2 Å². The van der Waals surface area contributed by atoms with Crippen LogP contribution < -0.4 is 0 Å². The van der Waals surface area contributed by atoms with E-state index >= 15 is 0 Å². The second kappa shape index (κ2) is 4.48. The van der Waals surface area contributed by atoms with Crippen molar-refractivity contribution in [2.45, 2.75) is 13.2 Å². The second-order valence-corrected chi connectivity index (χ2v) is 4.52. The van der Waals surface area contributed by atoms with Crippen molar-refractivity contribution in [2.24, 2.45) is 0 Å². The molecule has 5 heteroatoms. The molecule has 1 N–H and O–H groups in total. The summed E-state index contributed by atoms with van der Waals surface area (Å²) in [6, 6.07) is 7.43. The number of benzene rings is 1. The van der Waals surface area contributed by atoms with Crippen LogP contribution in [0.2, 0.25) is 5.02 Å². The standard InChI is InChI=1S/C13H11ClN2O2/c14-10-1-2-12-9(8-17)6-16(13(12)5-10)7-11-3-4-15-18-11/h1-6,17H,7-8H2. The predicted octanol–water partition coefficient (Wildman–Crippen LogP) is 2.82. The molecular weight excluding hydrogens is 252 g/mol. The summed E-state index contributed by atoms with van der Waals surface area (Å²) in [6.45, 7) is 0.568. The highest BCUT2D eigenvalue weighted by atomic mass is 35.5. The SMILES string of the molecule is OCc1cn(Cc2ccno2)c2cc(Cl)ccc12. The molecule has 92 valence electrons. The number of nitrogens with zero attached hydrogens (tertiary/aromatic N) is 2. The van der Waals surface area contributed by atoms with E-state index in [4.69, 9.17) is 16.1 Å². The first-order chi connectivity index (χ1) is 8.78. The number of aromatic nitrogens is 2. The fourth-order valence-corrected chi connectivity index (χ4v) is 2.26. The molecule has 3 aromatic rings. The number of aliphatic hydroxyl groups is 1. The normalized spacial score (nSPS) is 11.2. The average molecular weight is 263 g/mol. The van der Waals surface area contributed by atoms with Crippen LogP contribution in [0.1, 0.15) is 11.3 Å². The van der Waals surface area contributed by atoms with Gasteiger partial charge in [-0.3, -0.25) is 0 Å². The molecule has 4 nitrogen and oxygen atoms in total. The van der Waals surface area contributed by atoms with Crippen molar-refractivity contribution in [1.82, 2.24) is 9.72 Å². The maximum absolute atomic E-state index is 9.36. The van der Waals surface area contributed by atoms with Crippen LogP contribution in [0.3, 0.4) is 0 Å². The van der Waals surface area contributed by atoms with E-state index in [0.717, 1.165) is 22.2 Å². The Balaban J connectivity index is 2.13. The van der Waals surface area contributed by atoms with E-state index in [-0.39, 0.29) is 6.61 Å². The molecule has 0 atom stereocenters. The van der Waals surface area contributed by atoms with Crippen LogP contribution in [0.25, 0.3) is 10.9 Å². The third kappa shape index (κ3) is 1.89. The van der Waals surface area contributed by atoms with Crippen molar-refractivity contribution >= 4 is 22.5 Å². The fourth-order valence-electron chi connectivity index (χ4n) is 2.09. The Kier molecular flexibility index (Phi) is 2.81. The highest BCUT2D eigenvalue weighted by Gasteiger charge is 2.09. The zero-order valence-corrected chi connectivity index (χ0v) is 10.3. The van der Waals surface area contributed by atoms with Crippen molar-refractivity contribution in [3.63, 3.8) is 0 Å². The summed E-state index contributed by atoms with van der Waals surface area (Å²) in [5.74, 6) is 0.761. The Labute approximate surface area is 108 Å². The largest absolute Gasteiger partial charge is 0.392 e. The highest BCUT2D eigenvalue weighted by molar-refractivity contribution is 6.31. The van der Waals surface area contributed by atoms with Gasteiger partial charge in [-0.05, 0) is 12.1 Å². The molecule has 0 amide bonds. The summed E-state index contributed by atoms with van der Waals surface area (Å²) in [6.07, 6.45) is 3.52. The molecule has 0 aliphatic heterocycles. The predicted molar refractivity (Wildman–Crippen MR) is 68.5 cm³/mol. The van der Waals surface area contributed by atoms with Gasteiger partial charge >= 0.3 is 0 Å². The Bertz CT molecular complexity index is 674. The van der Waals surface area contributed by atoms with Gasteiger partial charge < -0.3 is 14.2 Å². The molecular formula is C13H11ClN2O2. The molecule has 0 saturated carbocycles. The third-order valence-corrected chi connectivity index (χ3v) is 3.15. The van der Waals surface area contributed by atoms with Gasteiger partial charge in [-0.25, -0.2) is 0 Å². The summed E-state index contributed by atoms with van der Waals surface area (Å²) in [4.78, 5) is 0. The Hall–Kier alpha value is -1.78. The van der Waals surface area contributed by atoms with Crippen LogP contribution in [0, 0.1) is 0 Å². The smallest absolute Gasteiger partial charge is 0.156 e. The molecule has 1 aromatic carbocycles. The van der Waals surface area contributed by atoms with E-state index in [1.807, 2.05) is 35.0 Å². The van der Waals surface area contributed by atoms with Crippen LogP contribution in [0.5, 0.6) is 0 Å². The third-order valence-electron chi connectivity index (χ3n) is 2.91. The van der Waals surface area contributed by atoms with E-state index in [1.165, 1.54) is 0 Å². The van der Waals surface area contributed by atoms with Gasteiger partial charge in [0.15, 0.2) is 5.76 Å². The minimum atomic E-state index is 0.00152. The van der Waals surface area contributed by atoms with E-state index in [9.17, 15) is 5.11 Å². The second-order valence-electron chi connectivity index (χ2n) is 4.08. The molecule has 0 fully saturated rings. The van der Waals surface area contributed by atoms with Crippen molar-refractivity contribution in [3.05, 3.63) is 53.0 Å². The monoisotopic (exact) mass is 262 g/mol. The van der Waals surface area contributed by atoms with E-state index in [1.54, 1.807) is 6.20 Å². The first-order valence-electron chi connectivity index (χ1n) is 5.55. The molecule has 0 aliphatic rings. The van der Waals surface area contributed by atoms with Crippen LogP contribution in [0.15, 0.2) is 41.2 Å². The summed E-state index contributed by atoms with van der Waals surface area (Å²) < 4.78 is 7.09. The van der Waals surface area contributed by atoms with Gasteiger partial charge in [-0.1, -0.05) is 22.8 Å². The summed E-state index contributed by atoms with van der Waals surface area (Å²) in [7, 11) is 0. The van der Waals surface area contributed by atoms with Crippen LogP contribution >= 0.6 is 11.6 Å². The van der Waals surface area contributed by atoms with Crippen LogP contribution in [0.4, 0.5) is 0 Å². The lowest BCUT2D eigenvalue weighted by Crippen LogP contribution is -1.96. The summed E-state index contributed by atoms with van der Waals surface area (Å²) in [5.41, 5.74) is 1.85. The number of rotatable bonds is 3. The molecule has 0 aliphatic carbocycles. The Morgan fingerprint density at radius 2 is 2.22 bits per heavy atom. The van der Waals surface area contributed by atoms with Gasteiger partial charge in [0.2, 0.25) is 0 Å². The lowest BCUT2D eigenvalue weighted by molar-refractivity contribution is 0.283. The van der Waals surface area contributed by atoms with Gasteiger partial charge in [-0.2, -0.15) is 0 Å². The van der Waals surface area contributed by atoms with Gasteiger partial charge in [0, 0.05) is 28.2 Å². The van der Waals surface area contributed by atoms with Gasteiger partial charge in [0.25, 0.3) is 0 Å². The molecule has 0 bridgehead atoms. The average Bonchev–Trinajstić information content (AvgIpc) is 2.98. The van der Waals surface area contributed by atoms with Crippen molar-refractivity contribution in [3.8, 4) is 0 Å². The van der Waals surface area contributed by atoms with Crippen LogP contribution in [-0.4, -0.2) is 14.8 Å². The molecule has 0 radical (unpaired) electrons. The number of halogens is 1. The number of hydrogen-bond acceptors (Lipinski definition) is 3. The molecule has 3 rings (SSSR count). The van der Waals surface area contributed by atoms with Crippen LogP contribution in [-0.2, 0) is 13.2 Å². The van der Waals surface area contributed by atoms with E-state index < -0.39 is 0 Å². The first kappa shape index (κ1) is 11.3. The molecule has 0 unspecified atom stereocenters. The molecule has 18 heavy (non-hydrogen) atoms. The fraction of sp³-hybridized carbons (Fsp3) is 0.154. The zero-order valence-electron chi connectivity index (χ0n) is 9.51. The minimum absolute atomic E-state index is 0.00152. The Morgan fingerprint density at radius 3 is 2.94 bits per heavy atom. The molecule has 0 spiro atoms. The number of aliphatic hydroxyl groups excluding tert-OH is 1. The minimum Gasteiger partial charge on any atom is -0.392 e. The lowest BCUT2D eigenvalue weighted by atomic mass is 10.2. The van der Waals surface area contributed by atoms with E-state index in [2.05, 4.69) is 5.16 Å². The van der Waals surface area contributed by atoms with Crippen molar-refractivity contribution in [2.75, 3.05) is 0 Å². The molecule has 2 heterocycles. The van der Waals surface area contributed by atoms with Crippen molar-refractivity contribution in [1.29, 1.82) is 0 Å². The molecule has 0 saturated heterocycles. The lowest BCUT2D eigenvalue weighted by Gasteiger charge is -2.02. The first-order valence-corrected chi connectivity index (χ1v) is 5.93.